The highest BCUT2D eigenvalue weighted by atomic mass is 14.6. The summed E-state index contributed by atoms with van der Waals surface area (Å²) in [7, 11) is 0. The summed E-state index contributed by atoms with van der Waals surface area (Å²) >= 11 is 0. The molecule has 1 rings (SSSR count). The van der Waals surface area contributed by atoms with Gasteiger partial charge in [0.15, 0.2) is 0 Å². The largest absolute Gasteiger partial charge is 0.399 e. The first-order valence-corrected chi connectivity index (χ1v) is 4.41. The van der Waals surface area contributed by atoms with Crippen LogP contribution in [-0.2, 0) is 0 Å². The Kier molecular flexibility index (Phi) is 4.67. The van der Waals surface area contributed by atoms with Crippen molar-refractivity contribution in [3.8, 4) is 0 Å². The van der Waals surface area contributed by atoms with Gasteiger partial charge in [-0.3, -0.25) is 0 Å². The van der Waals surface area contributed by atoms with Gasteiger partial charge in [0.2, 0.25) is 0 Å². The van der Waals surface area contributed by atoms with Crippen molar-refractivity contribution in [3.63, 3.8) is 0 Å². The van der Waals surface area contributed by atoms with Gasteiger partial charge in [-0.25, -0.2) is 0 Å². The molecule has 0 saturated heterocycles. The predicted octanol–water partition coefficient (Wildman–Crippen LogP) is 2.53. The van der Waals surface area contributed by atoms with Crippen LogP contribution in [-0.4, -0.2) is 0 Å². The van der Waals surface area contributed by atoms with Gasteiger partial charge in [-0.2, -0.15) is 0 Å². The minimum absolute atomic E-state index is 0.556. The zero-order valence-electron chi connectivity index (χ0n) is 8.59. The fourth-order valence-electron chi connectivity index (χ4n) is 0.998. The molecule has 0 spiro atoms. The van der Waals surface area contributed by atoms with Crippen molar-refractivity contribution in [1.29, 1.82) is 0 Å². The van der Waals surface area contributed by atoms with E-state index in [1.807, 2.05) is 39.0 Å². The van der Waals surface area contributed by atoms with Crippen LogP contribution in [0.15, 0.2) is 24.8 Å². The fourth-order valence-corrected chi connectivity index (χ4v) is 0.998. The van der Waals surface area contributed by atoms with Crippen LogP contribution >= 0.6 is 0 Å². The molecule has 0 unspecified atom stereocenters. The minimum Gasteiger partial charge on any atom is -0.399 e. The second kappa shape index (κ2) is 5.25. The van der Waals surface area contributed by atoms with Crippen LogP contribution < -0.4 is 11.5 Å². The van der Waals surface area contributed by atoms with E-state index in [9.17, 15) is 0 Å². The molecule has 0 atom stereocenters. The summed E-state index contributed by atoms with van der Waals surface area (Å²) in [6.45, 7) is 9.60. The Morgan fingerprint density at radius 1 is 1.23 bits per heavy atom. The SMILES string of the molecule is C=C(N)c1cc(C)cc(N)c1.CC. The molecule has 0 aliphatic heterocycles. The summed E-state index contributed by atoms with van der Waals surface area (Å²) in [5, 5.41) is 0. The third-order valence-corrected chi connectivity index (χ3v) is 1.47. The van der Waals surface area contributed by atoms with Crippen molar-refractivity contribution in [2.45, 2.75) is 20.8 Å². The van der Waals surface area contributed by atoms with Crippen LogP contribution in [0.25, 0.3) is 5.70 Å². The van der Waals surface area contributed by atoms with E-state index in [2.05, 4.69) is 6.58 Å². The number of anilines is 1. The van der Waals surface area contributed by atoms with E-state index in [4.69, 9.17) is 11.5 Å². The monoisotopic (exact) mass is 178 g/mol. The number of rotatable bonds is 1. The number of nitrogens with two attached hydrogens (primary N) is 2. The van der Waals surface area contributed by atoms with E-state index in [-0.39, 0.29) is 0 Å². The highest BCUT2D eigenvalue weighted by Gasteiger charge is 1.95. The summed E-state index contributed by atoms with van der Waals surface area (Å²) in [5.74, 6) is 0. The maximum Gasteiger partial charge on any atom is 0.0323 e. The van der Waals surface area contributed by atoms with Gasteiger partial charge in [0.05, 0.1) is 0 Å². The van der Waals surface area contributed by atoms with Crippen LogP contribution in [0.1, 0.15) is 25.0 Å². The van der Waals surface area contributed by atoms with Crippen LogP contribution in [0.2, 0.25) is 0 Å². The Morgan fingerprint density at radius 2 is 1.77 bits per heavy atom. The lowest BCUT2D eigenvalue weighted by Crippen LogP contribution is -1.96. The van der Waals surface area contributed by atoms with Gasteiger partial charge in [-0.1, -0.05) is 20.4 Å². The summed E-state index contributed by atoms with van der Waals surface area (Å²) in [4.78, 5) is 0. The van der Waals surface area contributed by atoms with Crippen LogP contribution in [0.4, 0.5) is 5.69 Å². The molecule has 0 amide bonds. The summed E-state index contributed by atoms with van der Waals surface area (Å²) in [6, 6.07) is 5.67. The molecule has 72 valence electrons. The molecule has 4 N–H and O–H groups in total. The lowest BCUT2D eigenvalue weighted by molar-refractivity contribution is 1.43. The molecule has 0 radical (unpaired) electrons. The molecule has 0 aliphatic carbocycles. The third-order valence-electron chi connectivity index (χ3n) is 1.47. The maximum absolute atomic E-state index is 5.60. The van der Waals surface area contributed by atoms with Crippen LogP contribution in [0.3, 0.4) is 0 Å². The fraction of sp³-hybridized carbons (Fsp3) is 0.273. The Labute approximate surface area is 80.3 Å². The van der Waals surface area contributed by atoms with Crippen molar-refractivity contribution >= 4 is 11.4 Å². The van der Waals surface area contributed by atoms with Gasteiger partial charge in [0, 0.05) is 11.4 Å². The van der Waals surface area contributed by atoms with E-state index < -0.39 is 0 Å². The molecule has 0 aromatic heterocycles. The Hall–Kier alpha value is -1.44. The first-order valence-electron chi connectivity index (χ1n) is 4.41. The molecular formula is C11H18N2. The summed E-state index contributed by atoms with van der Waals surface area (Å²) < 4.78 is 0. The third kappa shape index (κ3) is 3.65. The first-order chi connectivity index (χ1) is 6.09. The Morgan fingerprint density at radius 3 is 2.15 bits per heavy atom. The van der Waals surface area contributed by atoms with E-state index >= 15 is 0 Å². The molecular weight excluding hydrogens is 160 g/mol. The molecule has 0 saturated carbocycles. The normalized spacial score (nSPS) is 8.54. The quantitative estimate of drug-likeness (QED) is 0.649. The van der Waals surface area contributed by atoms with Gasteiger partial charge in [0.1, 0.15) is 0 Å². The smallest absolute Gasteiger partial charge is 0.0323 e. The number of nitrogen functional groups attached to an aromatic ring is 1. The van der Waals surface area contributed by atoms with Crippen molar-refractivity contribution in [2.24, 2.45) is 5.73 Å². The lowest BCUT2D eigenvalue weighted by atomic mass is 10.1. The second-order valence-electron chi connectivity index (χ2n) is 2.66. The van der Waals surface area contributed by atoms with E-state index in [0.29, 0.717) is 5.70 Å². The van der Waals surface area contributed by atoms with Crippen LogP contribution in [0.5, 0.6) is 0 Å². The zero-order chi connectivity index (χ0) is 10.4. The lowest BCUT2D eigenvalue weighted by Gasteiger charge is -2.02. The molecule has 0 aliphatic rings. The number of benzene rings is 1. The van der Waals surface area contributed by atoms with E-state index in [1.54, 1.807) is 0 Å². The van der Waals surface area contributed by atoms with Crippen molar-refractivity contribution in [2.75, 3.05) is 5.73 Å². The van der Waals surface area contributed by atoms with Gasteiger partial charge in [0.25, 0.3) is 0 Å². The minimum atomic E-state index is 0.556. The standard InChI is InChI=1S/C9H12N2.C2H6/c1-6-3-8(7(2)10)5-9(11)4-6;1-2/h3-5H,2,10-11H2,1H3;1-2H3. The average Bonchev–Trinajstić information content (AvgIpc) is 2.06. The Bertz CT molecular complexity index is 270. The second-order valence-corrected chi connectivity index (χ2v) is 2.66. The van der Waals surface area contributed by atoms with Gasteiger partial charge in [-0.15, -0.1) is 0 Å². The maximum atomic E-state index is 5.60. The molecule has 0 heterocycles. The molecule has 1 aromatic carbocycles. The zero-order valence-corrected chi connectivity index (χ0v) is 8.59. The molecule has 1 aromatic rings. The summed E-state index contributed by atoms with van der Waals surface area (Å²) in [5.41, 5.74) is 14.4. The molecule has 0 bridgehead atoms. The highest BCUT2D eigenvalue weighted by molar-refractivity contribution is 5.64. The first kappa shape index (κ1) is 11.6. The molecule has 13 heavy (non-hydrogen) atoms. The van der Waals surface area contributed by atoms with Crippen molar-refractivity contribution < 1.29 is 0 Å². The number of aryl methyl sites for hydroxylation is 1. The van der Waals surface area contributed by atoms with Gasteiger partial charge >= 0.3 is 0 Å². The summed E-state index contributed by atoms with van der Waals surface area (Å²) in [6.07, 6.45) is 0. The predicted molar refractivity (Wildman–Crippen MR) is 60.2 cm³/mol. The number of hydrogen-bond donors (Lipinski definition) is 2. The van der Waals surface area contributed by atoms with Crippen molar-refractivity contribution in [1.82, 2.24) is 0 Å². The van der Waals surface area contributed by atoms with Crippen LogP contribution in [0, 0.1) is 6.92 Å². The molecule has 0 fully saturated rings. The van der Waals surface area contributed by atoms with Gasteiger partial charge < -0.3 is 11.5 Å². The van der Waals surface area contributed by atoms with Crippen molar-refractivity contribution in [3.05, 3.63) is 35.9 Å². The topological polar surface area (TPSA) is 52.0 Å². The molecule has 2 heteroatoms. The van der Waals surface area contributed by atoms with Gasteiger partial charge in [-0.05, 0) is 36.2 Å². The number of hydrogen-bond acceptors (Lipinski definition) is 2. The average molecular weight is 178 g/mol. The van der Waals surface area contributed by atoms with E-state index in [0.717, 1.165) is 16.8 Å². The highest BCUT2D eigenvalue weighted by Crippen LogP contribution is 2.14. The molecule has 2 nitrogen and oxygen atoms in total. The Balaban J connectivity index is 0.000000671. The van der Waals surface area contributed by atoms with E-state index in [1.165, 1.54) is 0 Å².